The second-order valence-corrected chi connectivity index (χ2v) is 4.67. The standard InChI is InChI=1S/C12H19N3O2/c1-3-4-9-8(2)7-11(17-9)15-6-5-10(13)14-12(15)16/h5-6,8-9,11H,3-4,7H2,1-2H3,(H2,13,14,16). The van der Waals surface area contributed by atoms with Crippen molar-refractivity contribution in [3.8, 4) is 0 Å². The fourth-order valence-electron chi connectivity index (χ4n) is 2.32. The summed E-state index contributed by atoms with van der Waals surface area (Å²) in [5.41, 5.74) is 5.13. The van der Waals surface area contributed by atoms with E-state index in [1.807, 2.05) is 0 Å². The van der Waals surface area contributed by atoms with Gasteiger partial charge in [-0.05, 0) is 24.8 Å². The second-order valence-electron chi connectivity index (χ2n) is 4.67. The maximum atomic E-state index is 11.7. The molecule has 5 heteroatoms. The molecule has 2 N–H and O–H groups in total. The molecule has 1 aromatic heterocycles. The van der Waals surface area contributed by atoms with E-state index in [9.17, 15) is 4.79 Å². The minimum atomic E-state index is -0.334. The summed E-state index contributed by atoms with van der Waals surface area (Å²) in [4.78, 5) is 15.4. The van der Waals surface area contributed by atoms with Crippen LogP contribution in [-0.4, -0.2) is 15.7 Å². The Labute approximate surface area is 101 Å². The molecule has 0 bridgehead atoms. The molecule has 3 unspecified atom stereocenters. The summed E-state index contributed by atoms with van der Waals surface area (Å²) in [5, 5.41) is 0. The van der Waals surface area contributed by atoms with Gasteiger partial charge in [-0.15, -0.1) is 0 Å². The lowest BCUT2D eigenvalue weighted by Gasteiger charge is -2.15. The summed E-state index contributed by atoms with van der Waals surface area (Å²) in [6.07, 6.45) is 4.70. The van der Waals surface area contributed by atoms with E-state index >= 15 is 0 Å². The van der Waals surface area contributed by atoms with Crippen LogP contribution in [0.15, 0.2) is 17.1 Å². The third-order valence-corrected chi connectivity index (χ3v) is 3.27. The molecule has 0 amide bonds. The highest BCUT2D eigenvalue weighted by Crippen LogP contribution is 2.34. The summed E-state index contributed by atoms with van der Waals surface area (Å²) in [7, 11) is 0. The number of hydrogen-bond donors (Lipinski definition) is 1. The third kappa shape index (κ3) is 2.49. The first-order valence-electron chi connectivity index (χ1n) is 6.12. The number of anilines is 1. The smallest absolute Gasteiger partial charge is 0.351 e. The Morgan fingerprint density at radius 1 is 1.65 bits per heavy atom. The molecule has 1 fully saturated rings. The molecule has 0 saturated carbocycles. The van der Waals surface area contributed by atoms with Crippen molar-refractivity contribution in [3.05, 3.63) is 22.7 Å². The summed E-state index contributed by atoms with van der Waals surface area (Å²) >= 11 is 0. The molecule has 1 aliphatic heterocycles. The van der Waals surface area contributed by atoms with Gasteiger partial charge in [-0.25, -0.2) is 4.79 Å². The number of aromatic nitrogens is 2. The molecule has 0 radical (unpaired) electrons. The molecule has 2 rings (SSSR count). The Morgan fingerprint density at radius 2 is 2.41 bits per heavy atom. The van der Waals surface area contributed by atoms with E-state index in [4.69, 9.17) is 10.5 Å². The van der Waals surface area contributed by atoms with Crippen molar-refractivity contribution in [1.29, 1.82) is 0 Å². The van der Waals surface area contributed by atoms with Crippen LogP contribution in [0.2, 0.25) is 0 Å². The molecule has 0 aliphatic carbocycles. The van der Waals surface area contributed by atoms with Crippen LogP contribution in [0.1, 0.15) is 39.3 Å². The van der Waals surface area contributed by atoms with Crippen molar-refractivity contribution in [3.63, 3.8) is 0 Å². The van der Waals surface area contributed by atoms with E-state index in [0.717, 1.165) is 19.3 Å². The van der Waals surface area contributed by atoms with Crippen molar-refractivity contribution in [2.45, 2.75) is 45.4 Å². The Balaban J connectivity index is 2.17. The minimum Gasteiger partial charge on any atom is -0.383 e. The summed E-state index contributed by atoms with van der Waals surface area (Å²) in [6.45, 7) is 4.30. The number of ether oxygens (including phenoxy) is 1. The normalized spacial score (nSPS) is 28.5. The van der Waals surface area contributed by atoms with Gasteiger partial charge in [-0.3, -0.25) is 4.57 Å². The van der Waals surface area contributed by atoms with Crippen LogP contribution < -0.4 is 11.4 Å². The average Bonchev–Trinajstić information content (AvgIpc) is 2.60. The van der Waals surface area contributed by atoms with Crippen molar-refractivity contribution >= 4 is 5.82 Å². The SMILES string of the molecule is CCCC1OC(n2ccc(N)nc2=O)CC1C. The van der Waals surface area contributed by atoms with Gasteiger partial charge in [0.1, 0.15) is 12.0 Å². The van der Waals surface area contributed by atoms with Gasteiger partial charge in [-0.2, -0.15) is 4.98 Å². The predicted octanol–water partition coefficient (Wildman–Crippen LogP) is 1.55. The van der Waals surface area contributed by atoms with E-state index in [1.165, 1.54) is 4.57 Å². The van der Waals surface area contributed by atoms with E-state index in [2.05, 4.69) is 18.8 Å². The number of nitrogen functional groups attached to an aromatic ring is 1. The monoisotopic (exact) mass is 237 g/mol. The topological polar surface area (TPSA) is 70.1 Å². The fraction of sp³-hybridized carbons (Fsp3) is 0.667. The van der Waals surface area contributed by atoms with Crippen molar-refractivity contribution in [1.82, 2.24) is 9.55 Å². The van der Waals surface area contributed by atoms with Gasteiger partial charge >= 0.3 is 5.69 Å². The van der Waals surface area contributed by atoms with Crippen molar-refractivity contribution in [2.75, 3.05) is 5.73 Å². The number of nitrogens with zero attached hydrogens (tertiary/aromatic N) is 2. The van der Waals surface area contributed by atoms with Crippen LogP contribution in [-0.2, 0) is 4.74 Å². The molecule has 94 valence electrons. The van der Waals surface area contributed by atoms with Crippen LogP contribution in [0.4, 0.5) is 5.82 Å². The van der Waals surface area contributed by atoms with Crippen molar-refractivity contribution < 1.29 is 4.74 Å². The number of hydrogen-bond acceptors (Lipinski definition) is 4. The highest BCUT2D eigenvalue weighted by molar-refractivity contribution is 5.23. The maximum Gasteiger partial charge on any atom is 0.351 e. The Kier molecular flexibility index (Phi) is 3.47. The highest BCUT2D eigenvalue weighted by Gasteiger charge is 2.32. The molecular formula is C12H19N3O2. The maximum absolute atomic E-state index is 11.7. The van der Waals surface area contributed by atoms with Crippen LogP contribution in [0.3, 0.4) is 0 Å². The van der Waals surface area contributed by atoms with Gasteiger partial charge in [0.25, 0.3) is 0 Å². The first-order chi connectivity index (χ1) is 8.11. The Hall–Kier alpha value is -1.36. The van der Waals surface area contributed by atoms with Crippen LogP contribution in [0.25, 0.3) is 0 Å². The van der Waals surface area contributed by atoms with Gasteiger partial charge in [-0.1, -0.05) is 20.3 Å². The first-order valence-corrected chi connectivity index (χ1v) is 6.12. The zero-order valence-corrected chi connectivity index (χ0v) is 10.3. The lowest BCUT2D eigenvalue weighted by Crippen LogP contribution is -2.27. The lowest BCUT2D eigenvalue weighted by atomic mass is 10.00. The third-order valence-electron chi connectivity index (χ3n) is 3.27. The van der Waals surface area contributed by atoms with E-state index in [1.54, 1.807) is 12.3 Å². The van der Waals surface area contributed by atoms with Gasteiger partial charge in [0.05, 0.1) is 6.10 Å². The molecule has 1 aromatic rings. The molecule has 5 nitrogen and oxygen atoms in total. The van der Waals surface area contributed by atoms with Gasteiger partial charge in [0.2, 0.25) is 0 Å². The minimum absolute atomic E-state index is 0.192. The van der Waals surface area contributed by atoms with Crippen LogP contribution >= 0.6 is 0 Å². The molecule has 0 aromatic carbocycles. The van der Waals surface area contributed by atoms with Gasteiger partial charge in [0, 0.05) is 6.20 Å². The van der Waals surface area contributed by atoms with E-state index in [-0.39, 0.29) is 23.8 Å². The predicted molar refractivity (Wildman–Crippen MR) is 65.5 cm³/mol. The van der Waals surface area contributed by atoms with Crippen LogP contribution in [0.5, 0.6) is 0 Å². The molecular weight excluding hydrogens is 218 g/mol. The van der Waals surface area contributed by atoms with E-state index < -0.39 is 0 Å². The Morgan fingerprint density at radius 3 is 3.06 bits per heavy atom. The summed E-state index contributed by atoms with van der Waals surface area (Å²) in [5.74, 6) is 0.729. The number of nitrogens with two attached hydrogens (primary N) is 1. The fourth-order valence-corrected chi connectivity index (χ4v) is 2.32. The molecule has 0 spiro atoms. The molecule has 3 atom stereocenters. The van der Waals surface area contributed by atoms with Gasteiger partial charge in [0.15, 0.2) is 0 Å². The van der Waals surface area contributed by atoms with Gasteiger partial charge < -0.3 is 10.5 Å². The van der Waals surface area contributed by atoms with Crippen molar-refractivity contribution in [2.24, 2.45) is 5.92 Å². The van der Waals surface area contributed by atoms with Crippen LogP contribution in [0, 0.1) is 5.92 Å². The molecule has 1 aliphatic rings. The molecule has 1 saturated heterocycles. The summed E-state index contributed by atoms with van der Waals surface area (Å²) < 4.78 is 7.43. The van der Waals surface area contributed by atoms with E-state index in [0.29, 0.717) is 5.92 Å². The number of rotatable bonds is 3. The summed E-state index contributed by atoms with van der Waals surface area (Å²) in [6, 6.07) is 1.63. The molecule has 2 heterocycles. The Bertz CT molecular complexity index is 444. The lowest BCUT2D eigenvalue weighted by molar-refractivity contribution is -0.00997. The zero-order chi connectivity index (χ0) is 12.4. The zero-order valence-electron chi connectivity index (χ0n) is 10.3. The largest absolute Gasteiger partial charge is 0.383 e. The second kappa shape index (κ2) is 4.87. The molecule has 17 heavy (non-hydrogen) atoms. The first kappa shape index (κ1) is 12.1. The highest BCUT2D eigenvalue weighted by atomic mass is 16.5. The quantitative estimate of drug-likeness (QED) is 0.865. The average molecular weight is 237 g/mol.